The first-order valence-electron chi connectivity index (χ1n) is 7.51. The number of hydrogen-bond acceptors (Lipinski definition) is 2. The summed E-state index contributed by atoms with van der Waals surface area (Å²) in [7, 11) is 0. The van der Waals surface area contributed by atoms with E-state index in [-0.39, 0.29) is 11.8 Å². The Hall–Kier alpha value is -1.71. The number of halogens is 2. The van der Waals surface area contributed by atoms with E-state index in [1.165, 1.54) is 0 Å². The first kappa shape index (κ1) is 16.2. The highest BCUT2D eigenvalue weighted by Crippen LogP contribution is 2.26. The standard InChI is InChI=1S/C18H17Cl2NO2/c19-15-7-16(20)9-17(8-15)23-12-14-6-18(22)21(11-14)10-13-4-2-1-3-5-13/h1-5,7-9,14H,6,10-12H2. The molecule has 0 bridgehead atoms. The number of hydrogen-bond donors (Lipinski definition) is 0. The third kappa shape index (κ3) is 4.40. The minimum atomic E-state index is 0.173. The van der Waals surface area contributed by atoms with Gasteiger partial charge in [0.25, 0.3) is 0 Å². The van der Waals surface area contributed by atoms with Crippen LogP contribution in [0, 0.1) is 5.92 Å². The molecule has 0 saturated carbocycles. The van der Waals surface area contributed by atoms with Gasteiger partial charge in [0, 0.05) is 35.5 Å². The molecule has 5 heteroatoms. The zero-order chi connectivity index (χ0) is 16.2. The first-order valence-corrected chi connectivity index (χ1v) is 8.26. The Balaban J connectivity index is 1.55. The minimum absolute atomic E-state index is 0.173. The van der Waals surface area contributed by atoms with Gasteiger partial charge < -0.3 is 9.64 Å². The highest BCUT2D eigenvalue weighted by Gasteiger charge is 2.29. The van der Waals surface area contributed by atoms with Crippen molar-refractivity contribution < 1.29 is 9.53 Å². The summed E-state index contributed by atoms with van der Waals surface area (Å²) in [4.78, 5) is 14.0. The van der Waals surface area contributed by atoms with Crippen LogP contribution in [0.1, 0.15) is 12.0 Å². The number of rotatable bonds is 5. The molecule has 2 aromatic carbocycles. The van der Waals surface area contributed by atoms with Crippen molar-refractivity contribution in [1.82, 2.24) is 4.90 Å². The second-order valence-corrected chi connectivity index (χ2v) is 6.62. The molecule has 0 radical (unpaired) electrons. The Kier molecular flexibility index (Phi) is 5.09. The highest BCUT2D eigenvalue weighted by atomic mass is 35.5. The fourth-order valence-corrected chi connectivity index (χ4v) is 3.25. The fraction of sp³-hybridized carbons (Fsp3) is 0.278. The van der Waals surface area contributed by atoms with Crippen LogP contribution in [0.5, 0.6) is 5.75 Å². The van der Waals surface area contributed by atoms with Gasteiger partial charge >= 0.3 is 0 Å². The summed E-state index contributed by atoms with van der Waals surface area (Å²) in [6.07, 6.45) is 0.515. The summed E-state index contributed by atoms with van der Waals surface area (Å²) in [5.41, 5.74) is 1.14. The molecule has 3 rings (SSSR count). The summed E-state index contributed by atoms with van der Waals surface area (Å²) < 4.78 is 5.75. The van der Waals surface area contributed by atoms with Crippen molar-refractivity contribution in [3.63, 3.8) is 0 Å². The van der Waals surface area contributed by atoms with Gasteiger partial charge in [0.1, 0.15) is 5.75 Å². The average Bonchev–Trinajstić information content (AvgIpc) is 2.85. The molecule has 1 amide bonds. The largest absolute Gasteiger partial charge is 0.493 e. The zero-order valence-corrected chi connectivity index (χ0v) is 14.1. The van der Waals surface area contributed by atoms with Crippen molar-refractivity contribution in [1.29, 1.82) is 0 Å². The van der Waals surface area contributed by atoms with Crippen LogP contribution < -0.4 is 4.74 Å². The highest BCUT2D eigenvalue weighted by molar-refractivity contribution is 6.34. The third-order valence-electron chi connectivity index (χ3n) is 3.83. The van der Waals surface area contributed by atoms with Crippen LogP contribution in [0.15, 0.2) is 48.5 Å². The number of carbonyl (C=O) groups excluding carboxylic acids is 1. The summed E-state index contributed by atoms with van der Waals surface area (Å²) >= 11 is 11.9. The fourth-order valence-electron chi connectivity index (χ4n) is 2.75. The maximum absolute atomic E-state index is 12.1. The lowest BCUT2D eigenvalue weighted by Gasteiger charge is -2.17. The summed E-state index contributed by atoms with van der Waals surface area (Å²) in [6.45, 7) is 1.84. The van der Waals surface area contributed by atoms with Crippen molar-refractivity contribution in [3.8, 4) is 5.75 Å². The van der Waals surface area contributed by atoms with Gasteiger partial charge in [-0.3, -0.25) is 4.79 Å². The normalized spacial score (nSPS) is 17.6. The molecule has 1 aliphatic heterocycles. The van der Waals surface area contributed by atoms with Crippen molar-refractivity contribution >= 4 is 29.1 Å². The molecule has 1 heterocycles. The van der Waals surface area contributed by atoms with Crippen LogP contribution in [0.2, 0.25) is 10.0 Å². The van der Waals surface area contributed by atoms with Crippen molar-refractivity contribution in [2.24, 2.45) is 5.92 Å². The molecule has 0 N–H and O–H groups in total. The van der Waals surface area contributed by atoms with Crippen LogP contribution >= 0.6 is 23.2 Å². The van der Waals surface area contributed by atoms with Crippen LogP contribution in [0.4, 0.5) is 0 Å². The van der Waals surface area contributed by atoms with Crippen LogP contribution in [-0.2, 0) is 11.3 Å². The quantitative estimate of drug-likeness (QED) is 0.799. The zero-order valence-electron chi connectivity index (χ0n) is 12.5. The predicted molar refractivity (Wildman–Crippen MR) is 91.9 cm³/mol. The molecule has 0 aliphatic carbocycles. The minimum Gasteiger partial charge on any atom is -0.493 e. The van der Waals surface area contributed by atoms with Crippen LogP contribution in [0.25, 0.3) is 0 Å². The van der Waals surface area contributed by atoms with Gasteiger partial charge in [-0.05, 0) is 23.8 Å². The monoisotopic (exact) mass is 349 g/mol. The van der Waals surface area contributed by atoms with E-state index < -0.39 is 0 Å². The van der Waals surface area contributed by atoms with E-state index in [1.54, 1.807) is 18.2 Å². The third-order valence-corrected chi connectivity index (χ3v) is 4.27. The number of carbonyl (C=O) groups is 1. The molecule has 1 saturated heterocycles. The molecule has 1 fully saturated rings. The van der Waals surface area contributed by atoms with Crippen LogP contribution in [0.3, 0.4) is 0 Å². The van der Waals surface area contributed by atoms with Gasteiger partial charge in [0.15, 0.2) is 0 Å². The Labute approximate surface area is 145 Å². The second kappa shape index (κ2) is 7.24. The Bertz CT molecular complexity index is 670. The smallest absolute Gasteiger partial charge is 0.223 e. The molecular weight excluding hydrogens is 333 g/mol. The molecule has 2 aromatic rings. The summed E-state index contributed by atoms with van der Waals surface area (Å²) in [5.74, 6) is 0.993. The van der Waals surface area contributed by atoms with E-state index >= 15 is 0 Å². The number of amides is 1. The van der Waals surface area contributed by atoms with Gasteiger partial charge in [0.05, 0.1) is 6.61 Å². The number of benzene rings is 2. The van der Waals surface area contributed by atoms with Gasteiger partial charge in [-0.15, -0.1) is 0 Å². The summed E-state index contributed by atoms with van der Waals surface area (Å²) in [6, 6.07) is 15.1. The molecule has 1 atom stereocenters. The van der Waals surface area contributed by atoms with E-state index in [0.29, 0.717) is 41.9 Å². The molecular formula is C18H17Cl2NO2. The molecule has 23 heavy (non-hydrogen) atoms. The number of ether oxygens (including phenoxy) is 1. The molecule has 0 spiro atoms. The van der Waals surface area contributed by atoms with Crippen molar-refractivity contribution in [2.75, 3.05) is 13.2 Å². The van der Waals surface area contributed by atoms with Gasteiger partial charge in [0.2, 0.25) is 5.91 Å². The maximum atomic E-state index is 12.1. The number of likely N-dealkylation sites (tertiary alicyclic amines) is 1. The van der Waals surface area contributed by atoms with E-state index in [2.05, 4.69) is 0 Å². The topological polar surface area (TPSA) is 29.5 Å². The predicted octanol–water partition coefficient (Wildman–Crippen LogP) is 4.42. The SMILES string of the molecule is O=C1CC(COc2cc(Cl)cc(Cl)c2)CN1Cc1ccccc1. The molecule has 1 aliphatic rings. The molecule has 120 valence electrons. The molecule has 3 nitrogen and oxygen atoms in total. The Morgan fingerprint density at radius 1 is 1.09 bits per heavy atom. The van der Waals surface area contributed by atoms with Crippen molar-refractivity contribution in [2.45, 2.75) is 13.0 Å². The second-order valence-electron chi connectivity index (χ2n) is 5.75. The Morgan fingerprint density at radius 3 is 2.48 bits per heavy atom. The van der Waals surface area contributed by atoms with E-state index in [4.69, 9.17) is 27.9 Å². The van der Waals surface area contributed by atoms with E-state index in [0.717, 1.165) is 5.56 Å². The van der Waals surface area contributed by atoms with Gasteiger partial charge in [-0.2, -0.15) is 0 Å². The lowest BCUT2D eigenvalue weighted by atomic mass is 10.1. The number of nitrogens with zero attached hydrogens (tertiary/aromatic N) is 1. The molecule has 0 aromatic heterocycles. The van der Waals surface area contributed by atoms with Gasteiger partial charge in [-0.1, -0.05) is 53.5 Å². The van der Waals surface area contributed by atoms with Gasteiger partial charge in [-0.25, -0.2) is 0 Å². The lowest BCUT2D eigenvalue weighted by Crippen LogP contribution is -2.25. The van der Waals surface area contributed by atoms with Crippen LogP contribution in [-0.4, -0.2) is 24.0 Å². The van der Waals surface area contributed by atoms with E-state index in [9.17, 15) is 4.79 Å². The van der Waals surface area contributed by atoms with E-state index in [1.807, 2.05) is 35.2 Å². The van der Waals surface area contributed by atoms with Crippen molar-refractivity contribution in [3.05, 3.63) is 64.1 Å². The molecule has 1 unspecified atom stereocenters. The Morgan fingerprint density at radius 2 is 1.78 bits per heavy atom. The lowest BCUT2D eigenvalue weighted by molar-refractivity contribution is -0.128. The first-order chi connectivity index (χ1) is 11.1. The average molecular weight is 350 g/mol. The maximum Gasteiger partial charge on any atom is 0.223 e. The summed E-state index contributed by atoms with van der Waals surface area (Å²) in [5, 5.41) is 1.08.